The van der Waals surface area contributed by atoms with Gasteiger partial charge in [0.25, 0.3) is 0 Å². The SMILES string of the molecule is CCCCCCCCCCCCCC(=O)OCCCCCCCCCCC/C=C\C/C=C\CCCCCCCCCCCC(=O)NC(CO)C(O)CCCCCCCCCCC. The summed E-state index contributed by atoms with van der Waals surface area (Å²) in [5.74, 6) is -0.0350. The first-order chi connectivity index (χ1) is 30.5. The van der Waals surface area contributed by atoms with Gasteiger partial charge in [-0.3, -0.25) is 9.59 Å². The number of hydrogen-bond acceptors (Lipinski definition) is 5. The second kappa shape index (κ2) is 52.0. The number of aliphatic hydroxyl groups is 2. The van der Waals surface area contributed by atoms with E-state index in [4.69, 9.17) is 4.74 Å². The minimum Gasteiger partial charge on any atom is -0.466 e. The number of allylic oxidation sites excluding steroid dienone is 4. The highest BCUT2D eigenvalue weighted by Crippen LogP contribution is 2.16. The predicted octanol–water partition coefficient (Wildman–Crippen LogP) is 16.7. The minimum absolute atomic E-state index is 0.00842. The molecule has 2 unspecified atom stereocenters. The van der Waals surface area contributed by atoms with Crippen molar-refractivity contribution < 1.29 is 24.5 Å². The maximum Gasteiger partial charge on any atom is 0.305 e. The minimum atomic E-state index is -0.665. The van der Waals surface area contributed by atoms with Gasteiger partial charge < -0.3 is 20.3 Å². The van der Waals surface area contributed by atoms with Gasteiger partial charge in [-0.2, -0.15) is 0 Å². The average Bonchev–Trinajstić information content (AvgIpc) is 3.27. The number of unbranched alkanes of at least 4 members (excludes halogenated alkanes) is 36. The van der Waals surface area contributed by atoms with Gasteiger partial charge in [-0.05, 0) is 57.8 Å². The van der Waals surface area contributed by atoms with E-state index in [2.05, 4.69) is 43.5 Å². The number of carbonyl (C=O) groups is 2. The van der Waals surface area contributed by atoms with Crippen LogP contribution in [0.2, 0.25) is 0 Å². The molecule has 0 saturated heterocycles. The van der Waals surface area contributed by atoms with Crippen LogP contribution in [0.5, 0.6) is 0 Å². The van der Waals surface area contributed by atoms with E-state index in [1.807, 2.05) is 0 Å². The van der Waals surface area contributed by atoms with Gasteiger partial charge in [-0.25, -0.2) is 0 Å². The van der Waals surface area contributed by atoms with Crippen molar-refractivity contribution in [3.63, 3.8) is 0 Å². The summed E-state index contributed by atoms with van der Waals surface area (Å²) in [6, 6.07) is -0.543. The van der Waals surface area contributed by atoms with E-state index in [1.54, 1.807) is 0 Å². The van der Waals surface area contributed by atoms with E-state index < -0.39 is 12.1 Å². The van der Waals surface area contributed by atoms with E-state index >= 15 is 0 Å². The van der Waals surface area contributed by atoms with E-state index in [1.165, 1.54) is 218 Å². The van der Waals surface area contributed by atoms with Crippen LogP contribution in [0.25, 0.3) is 0 Å². The van der Waals surface area contributed by atoms with Crippen molar-refractivity contribution in [2.24, 2.45) is 0 Å². The summed E-state index contributed by atoms with van der Waals surface area (Å²) in [5, 5.41) is 23.1. The lowest BCUT2D eigenvalue weighted by atomic mass is 10.0. The van der Waals surface area contributed by atoms with E-state index in [9.17, 15) is 19.8 Å². The molecule has 0 aliphatic rings. The molecular formula is C56H107NO5. The predicted molar refractivity (Wildman–Crippen MR) is 269 cm³/mol. The van der Waals surface area contributed by atoms with Gasteiger partial charge in [0.2, 0.25) is 5.91 Å². The van der Waals surface area contributed by atoms with Gasteiger partial charge in [0.15, 0.2) is 0 Å². The van der Waals surface area contributed by atoms with Gasteiger partial charge in [0.05, 0.1) is 25.4 Å². The standard InChI is InChI=1S/C56H107NO5/c1-3-5-7-9-11-13-29-34-38-42-46-50-56(61)62-51-47-43-39-35-31-28-26-24-22-20-18-16-14-15-17-19-21-23-25-27-30-33-37-41-45-49-55(60)57-53(52-58)54(59)48-44-40-36-32-12-10-8-6-4-2/h15-18,53-54,58-59H,3-14,19-52H2,1-2H3,(H,57,60)/b17-15-,18-16-. The summed E-state index contributed by atoms with van der Waals surface area (Å²) >= 11 is 0. The summed E-state index contributed by atoms with van der Waals surface area (Å²) in [7, 11) is 0. The summed E-state index contributed by atoms with van der Waals surface area (Å²) in [5.41, 5.74) is 0. The van der Waals surface area contributed by atoms with Crippen molar-refractivity contribution in [2.75, 3.05) is 13.2 Å². The first-order valence-corrected chi connectivity index (χ1v) is 27.6. The molecule has 1 amide bonds. The zero-order valence-corrected chi connectivity index (χ0v) is 41.6. The van der Waals surface area contributed by atoms with Crippen LogP contribution in [0.15, 0.2) is 24.3 Å². The molecule has 2 atom stereocenters. The van der Waals surface area contributed by atoms with E-state index in [0.717, 1.165) is 44.9 Å². The van der Waals surface area contributed by atoms with Crippen LogP contribution in [0, 0.1) is 0 Å². The Kier molecular flexibility index (Phi) is 50.6. The van der Waals surface area contributed by atoms with Crippen molar-refractivity contribution in [2.45, 2.75) is 309 Å². The second-order valence-electron chi connectivity index (χ2n) is 18.9. The Bertz CT molecular complexity index is 966. The van der Waals surface area contributed by atoms with Gasteiger partial charge in [0, 0.05) is 12.8 Å². The number of nitrogens with one attached hydrogen (secondary N) is 1. The van der Waals surface area contributed by atoms with Gasteiger partial charge in [-0.15, -0.1) is 0 Å². The fourth-order valence-electron chi connectivity index (χ4n) is 8.49. The van der Waals surface area contributed by atoms with E-state index in [0.29, 0.717) is 25.9 Å². The first-order valence-electron chi connectivity index (χ1n) is 27.6. The normalized spacial score (nSPS) is 12.8. The topological polar surface area (TPSA) is 95.9 Å². The molecule has 0 aliphatic heterocycles. The molecule has 0 heterocycles. The summed E-state index contributed by atoms with van der Waals surface area (Å²) < 4.78 is 5.46. The third-order valence-electron chi connectivity index (χ3n) is 12.8. The summed E-state index contributed by atoms with van der Waals surface area (Å²) in [4.78, 5) is 24.4. The van der Waals surface area contributed by atoms with Gasteiger partial charge >= 0.3 is 5.97 Å². The lowest BCUT2D eigenvalue weighted by Gasteiger charge is -2.22. The van der Waals surface area contributed by atoms with Crippen LogP contribution >= 0.6 is 0 Å². The quantitative estimate of drug-likeness (QED) is 0.0321. The number of esters is 1. The molecule has 366 valence electrons. The average molecular weight is 874 g/mol. The molecule has 0 radical (unpaired) electrons. The molecule has 0 saturated carbocycles. The molecule has 0 aromatic heterocycles. The van der Waals surface area contributed by atoms with Crippen molar-refractivity contribution in [1.29, 1.82) is 0 Å². The van der Waals surface area contributed by atoms with Gasteiger partial charge in [-0.1, -0.05) is 250 Å². The Morgan fingerprint density at radius 3 is 1.23 bits per heavy atom. The number of carbonyl (C=O) groups excluding carboxylic acids is 2. The fraction of sp³-hybridized carbons (Fsp3) is 0.893. The molecule has 0 aliphatic carbocycles. The lowest BCUT2D eigenvalue weighted by Crippen LogP contribution is -2.45. The molecule has 0 aromatic carbocycles. The number of ether oxygens (including phenoxy) is 1. The molecule has 62 heavy (non-hydrogen) atoms. The van der Waals surface area contributed by atoms with Crippen molar-refractivity contribution in [3.05, 3.63) is 24.3 Å². The van der Waals surface area contributed by atoms with Crippen LogP contribution in [0.1, 0.15) is 296 Å². The Hall–Kier alpha value is -1.66. The third-order valence-corrected chi connectivity index (χ3v) is 12.8. The smallest absolute Gasteiger partial charge is 0.305 e. The Morgan fingerprint density at radius 1 is 0.452 bits per heavy atom. The maximum absolute atomic E-state index is 12.4. The first kappa shape index (κ1) is 60.3. The highest BCUT2D eigenvalue weighted by atomic mass is 16.5. The molecular weight excluding hydrogens is 767 g/mol. The van der Waals surface area contributed by atoms with Crippen molar-refractivity contribution in [1.82, 2.24) is 5.32 Å². The lowest BCUT2D eigenvalue weighted by molar-refractivity contribution is -0.143. The van der Waals surface area contributed by atoms with Crippen molar-refractivity contribution >= 4 is 11.9 Å². The molecule has 3 N–H and O–H groups in total. The number of rotatable bonds is 51. The Balaban J connectivity index is 3.41. The van der Waals surface area contributed by atoms with Crippen LogP contribution in [-0.2, 0) is 14.3 Å². The highest BCUT2D eigenvalue weighted by molar-refractivity contribution is 5.76. The van der Waals surface area contributed by atoms with E-state index in [-0.39, 0.29) is 18.5 Å². The zero-order chi connectivity index (χ0) is 45.1. The molecule has 6 heteroatoms. The van der Waals surface area contributed by atoms with Crippen LogP contribution in [0.4, 0.5) is 0 Å². The maximum atomic E-state index is 12.4. The zero-order valence-electron chi connectivity index (χ0n) is 41.6. The van der Waals surface area contributed by atoms with Crippen molar-refractivity contribution in [3.8, 4) is 0 Å². The molecule has 0 bridgehead atoms. The molecule has 0 rings (SSSR count). The molecule has 0 spiro atoms. The molecule has 6 nitrogen and oxygen atoms in total. The molecule has 0 aromatic rings. The van der Waals surface area contributed by atoms with Gasteiger partial charge in [0.1, 0.15) is 0 Å². The number of hydrogen-bond donors (Lipinski definition) is 3. The Morgan fingerprint density at radius 2 is 0.806 bits per heavy atom. The number of amides is 1. The third kappa shape index (κ3) is 47.8. The van der Waals surface area contributed by atoms with Crippen LogP contribution in [0.3, 0.4) is 0 Å². The second-order valence-corrected chi connectivity index (χ2v) is 18.9. The van der Waals surface area contributed by atoms with Crippen LogP contribution in [-0.4, -0.2) is 47.4 Å². The Labute approximate surface area is 386 Å². The molecule has 0 fully saturated rings. The highest BCUT2D eigenvalue weighted by Gasteiger charge is 2.20. The largest absolute Gasteiger partial charge is 0.466 e. The fourth-order valence-corrected chi connectivity index (χ4v) is 8.49. The number of aliphatic hydroxyl groups excluding tert-OH is 2. The monoisotopic (exact) mass is 874 g/mol. The summed E-state index contributed by atoms with van der Waals surface area (Å²) in [6.45, 7) is 4.92. The summed E-state index contributed by atoms with van der Waals surface area (Å²) in [6.07, 6.45) is 61.8. The van der Waals surface area contributed by atoms with Crippen LogP contribution < -0.4 is 5.32 Å².